The molecule has 2 aromatic rings. The highest BCUT2D eigenvalue weighted by atomic mass is 32.2. The molecule has 3 nitrogen and oxygen atoms in total. The molecule has 7 heteroatoms. The quantitative estimate of drug-likeness (QED) is 0.873. The Kier molecular flexibility index (Phi) is 4.35. The van der Waals surface area contributed by atoms with Crippen LogP contribution in [0, 0.1) is 11.3 Å². The molecule has 0 spiro atoms. The number of nitrogens with one attached hydrogen (secondary N) is 1. The van der Waals surface area contributed by atoms with Crippen molar-refractivity contribution < 1.29 is 13.2 Å². The largest absolute Gasteiger partial charge is 0.441 e. The summed E-state index contributed by atoms with van der Waals surface area (Å²) in [5.74, 6) is -0.120. The molecule has 0 saturated carbocycles. The first-order valence-electron chi connectivity index (χ1n) is 5.73. The molecule has 0 fully saturated rings. The molecule has 0 saturated heterocycles. The minimum atomic E-state index is -4.24. The second-order valence-electron chi connectivity index (χ2n) is 3.90. The highest BCUT2D eigenvalue weighted by Gasteiger charge is 2.27. The molecule has 1 aromatic heterocycles. The number of hydrogen-bond acceptors (Lipinski definition) is 4. The van der Waals surface area contributed by atoms with Crippen molar-refractivity contribution in [1.82, 2.24) is 4.98 Å². The molecule has 104 valence electrons. The van der Waals surface area contributed by atoms with Crippen molar-refractivity contribution in [2.24, 2.45) is 0 Å². The van der Waals surface area contributed by atoms with Crippen LogP contribution in [0.15, 0.2) is 30.5 Å². The van der Waals surface area contributed by atoms with Gasteiger partial charge in [0.25, 0.3) is 0 Å². The van der Waals surface area contributed by atoms with Gasteiger partial charge in [0.15, 0.2) is 0 Å². The Morgan fingerprint density at radius 2 is 2.05 bits per heavy atom. The van der Waals surface area contributed by atoms with Gasteiger partial charge in [-0.15, -0.1) is 0 Å². The topological polar surface area (TPSA) is 48.7 Å². The SMILES string of the molecule is N#Cc1cnc2ccccc2c1NCCSC(F)(F)F. The van der Waals surface area contributed by atoms with Crippen LogP contribution in [0.1, 0.15) is 5.56 Å². The van der Waals surface area contributed by atoms with Crippen LogP contribution in [0.5, 0.6) is 0 Å². The minimum Gasteiger partial charge on any atom is -0.383 e. The van der Waals surface area contributed by atoms with Crippen molar-refractivity contribution >= 4 is 28.4 Å². The van der Waals surface area contributed by atoms with E-state index in [1.165, 1.54) is 6.20 Å². The van der Waals surface area contributed by atoms with E-state index < -0.39 is 5.51 Å². The predicted molar refractivity (Wildman–Crippen MR) is 73.5 cm³/mol. The van der Waals surface area contributed by atoms with Crippen LogP contribution < -0.4 is 5.32 Å². The summed E-state index contributed by atoms with van der Waals surface area (Å²) in [4.78, 5) is 4.13. The zero-order valence-corrected chi connectivity index (χ0v) is 11.1. The average Bonchev–Trinajstić information content (AvgIpc) is 2.42. The van der Waals surface area contributed by atoms with E-state index in [4.69, 9.17) is 5.26 Å². The molecule has 1 N–H and O–H groups in total. The maximum absolute atomic E-state index is 12.1. The number of alkyl halides is 3. The maximum atomic E-state index is 12.1. The lowest BCUT2D eigenvalue weighted by Crippen LogP contribution is -2.10. The summed E-state index contributed by atoms with van der Waals surface area (Å²) in [6.07, 6.45) is 1.42. The smallest absolute Gasteiger partial charge is 0.383 e. The molecule has 0 atom stereocenters. The van der Waals surface area contributed by atoms with E-state index in [0.717, 1.165) is 5.39 Å². The number of thioether (sulfide) groups is 1. The molecule has 1 aromatic carbocycles. The summed E-state index contributed by atoms with van der Waals surface area (Å²) >= 11 is -0.0894. The van der Waals surface area contributed by atoms with E-state index in [1.54, 1.807) is 18.2 Å². The Bertz CT molecular complexity index is 649. The Hall–Kier alpha value is -1.94. The zero-order chi connectivity index (χ0) is 14.6. The van der Waals surface area contributed by atoms with Gasteiger partial charge in [-0.05, 0) is 17.8 Å². The van der Waals surface area contributed by atoms with E-state index in [0.29, 0.717) is 16.8 Å². The Balaban J connectivity index is 2.18. The molecule has 0 radical (unpaired) electrons. The molecular formula is C13H10F3N3S. The van der Waals surface area contributed by atoms with Crippen LogP contribution in [0.25, 0.3) is 10.9 Å². The van der Waals surface area contributed by atoms with Gasteiger partial charge < -0.3 is 5.32 Å². The summed E-state index contributed by atoms with van der Waals surface area (Å²) in [5.41, 5.74) is -2.70. The van der Waals surface area contributed by atoms with Gasteiger partial charge in [-0.1, -0.05) is 18.2 Å². The maximum Gasteiger partial charge on any atom is 0.441 e. The third-order valence-electron chi connectivity index (χ3n) is 2.57. The van der Waals surface area contributed by atoms with E-state index in [9.17, 15) is 13.2 Å². The minimum absolute atomic E-state index is 0.0894. The van der Waals surface area contributed by atoms with Gasteiger partial charge in [0.1, 0.15) is 6.07 Å². The van der Waals surface area contributed by atoms with Crippen molar-refractivity contribution in [1.29, 1.82) is 5.26 Å². The summed E-state index contributed by atoms with van der Waals surface area (Å²) in [6.45, 7) is 0.118. The van der Waals surface area contributed by atoms with Crippen LogP contribution in [-0.4, -0.2) is 22.8 Å². The van der Waals surface area contributed by atoms with Crippen molar-refractivity contribution in [3.05, 3.63) is 36.0 Å². The van der Waals surface area contributed by atoms with E-state index in [-0.39, 0.29) is 24.1 Å². The molecule has 0 aliphatic heterocycles. The van der Waals surface area contributed by atoms with E-state index >= 15 is 0 Å². The highest BCUT2D eigenvalue weighted by molar-refractivity contribution is 8.00. The molecule has 0 bridgehead atoms. The fraction of sp³-hybridized carbons (Fsp3) is 0.231. The predicted octanol–water partition coefficient (Wildman–Crippen LogP) is 3.77. The summed E-state index contributed by atoms with van der Waals surface area (Å²) in [6, 6.07) is 9.16. The number of pyridine rings is 1. The number of benzene rings is 1. The molecule has 0 aliphatic rings. The van der Waals surface area contributed by atoms with Gasteiger partial charge in [0, 0.05) is 23.9 Å². The summed E-state index contributed by atoms with van der Waals surface area (Å²) in [5, 5.41) is 12.7. The second-order valence-corrected chi connectivity index (χ2v) is 5.06. The lowest BCUT2D eigenvalue weighted by molar-refractivity contribution is -0.0327. The first-order valence-corrected chi connectivity index (χ1v) is 6.72. The highest BCUT2D eigenvalue weighted by Crippen LogP contribution is 2.30. The first kappa shape index (κ1) is 14.5. The Morgan fingerprint density at radius 1 is 1.30 bits per heavy atom. The van der Waals surface area contributed by atoms with Crippen molar-refractivity contribution in [2.45, 2.75) is 5.51 Å². The van der Waals surface area contributed by atoms with Crippen molar-refractivity contribution in [2.75, 3.05) is 17.6 Å². The summed E-state index contributed by atoms with van der Waals surface area (Å²) in [7, 11) is 0. The van der Waals surface area contributed by atoms with Gasteiger partial charge in [0.05, 0.1) is 16.8 Å². The van der Waals surface area contributed by atoms with Crippen LogP contribution in [0.4, 0.5) is 18.9 Å². The number of hydrogen-bond donors (Lipinski definition) is 1. The van der Waals surface area contributed by atoms with Gasteiger partial charge in [-0.25, -0.2) is 0 Å². The molecular weight excluding hydrogens is 287 g/mol. The molecule has 2 rings (SSSR count). The monoisotopic (exact) mass is 297 g/mol. The van der Waals surface area contributed by atoms with Gasteiger partial charge >= 0.3 is 5.51 Å². The first-order chi connectivity index (χ1) is 9.51. The lowest BCUT2D eigenvalue weighted by Gasteiger charge is -2.11. The number of rotatable bonds is 4. The van der Waals surface area contributed by atoms with Gasteiger partial charge in [-0.3, -0.25) is 4.98 Å². The third-order valence-corrected chi connectivity index (χ3v) is 3.30. The number of fused-ring (bicyclic) bond motifs is 1. The Morgan fingerprint density at radius 3 is 2.75 bits per heavy atom. The number of halogens is 3. The van der Waals surface area contributed by atoms with Crippen LogP contribution >= 0.6 is 11.8 Å². The average molecular weight is 297 g/mol. The fourth-order valence-electron chi connectivity index (χ4n) is 1.76. The lowest BCUT2D eigenvalue weighted by atomic mass is 10.1. The molecule has 0 aliphatic carbocycles. The number of para-hydroxylation sites is 1. The number of nitriles is 1. The molecule has 0 amide bonds. The Labute approximate surface area is 117 Å². The molecule has 0 unspecified atom stereocenters. The van der Waals surface area contributed by atoms with Crippen molar-refractivity contribution in [3.63, 3.8) is 0 Å². The van der Waals surface area contributed by atoms with Crippen LogP contribution in [0.2, 0.25) is 0 Å². The van der Waals surface area contributed by atoms with Crippen LogP contribution in [0.3, 0.4) is 0 Å². The standard InChI is InChI=1S/C13H10F3N3S/c14-13(15,16)20-6-5-18-12-9(7-17)8-19-11-4-2-1-3-10(11)12/h1-4,8H,5-6H2,(H,18,19). The van der Waals surface area contributed by atoms with E-state index in [1.807, 2.05) is 12.1 Å². The zero-order valence-electron chi connectivity index (χ0n) is 10.2. The van der Waals surface area contributed by atoms with E-state index in [2.05, 4.69) is 10.3 Å². The fourth-order valence-corrected chi connectivity index (χ4v) is 2.19. The molecule has 1 heterocycles. The van der Waals surface area contributed by atoms with Gasteiger partial charge in [0.2, 0.25) is 0 Å². The number of nitrogens with zero attached hydrogens (tertiary/aromatic N) is 2. The number of aromatic nitrogens is 1. The normalized spacial score (nSPS) is 11.3. The van der Waals surface area contributed by atoms with Gasteiger partial charge in [-0.2, -0.15) is 18.4 Å². The second kappa shape index (κ2) is 6.01. The van der Waals surface area contributed by atoms with Crippen LogP contribution in [-0.2, 0) is 0 Å². The summed E-state index contributed by atoms with van der Waals surface area (Å²) < 4.78 is 36.2. The number of anilines is 1. The third kappa shape index (κ3) is 3.54. The molecule has 20 heavy (non-hydrogen) atoms. The van der Waals surface area contributed by atoms with Crippen molar-refractivity contribution in [3.8, 4) is 6.07 Å².